The molecular weight excluding hydrogens is 563 g/mol. The number of ether oxygens (including phenoxy) is 2. The molecule has 0 spiro atoms. The smallest absolute Gasteiger partial charge is 0.335 e. The van der Waals surface area contributed by atoms with Crippen LogP contribution in [0.15, 0.2) is 75.0 Å². The van der Waals surface area contributed by atoms with Gasteiger partial charge in [0.15, 0.2) is 16.7 Å². The number of carbonyl (C=O) groups excluding carboxylic acids is 1. The Kier molecular flexibility index (Phi) is 8.30. The van der Waals surface area contributed by atoms with Crippen LogP contribution >= 0.6 is 27.7 Å². The second kappa shape index (κ2) is 11.6. The fourth-order valence-corrected chi connectivity index (χ4v) is 4.96. The number of carboxylic acids is 1. The van der Waals surface area contributed by atoms with E-state index in [0.717, 1.165) is 11.1 Å². The Hall–Kier alpha value is -3.63. The first kappa shape index (κ1) is 26.4. The molecule has 1 fully saturated rings. The Morgan fingerprint density at radius 1 is 1.14 bits per heavy atom. The van der Waals surface area contributed by atoms with Crippen molar-refractivity contribution in [1.29, 1.82) is 0 Å². The molecule has 37 heavy (non-hydrogen) atoms. The monoisotopic (exact) mass is 584 g/mol. The van der Waals surface area contributed by atoms with Crippen molar-refractivity contribution in [2.75, 3.05) is 13.7 Å². The molecule has 0 radical (unpaired) electrons. The molecule has 0 unspecified atom stereocenters. The van der Waals surface area contributed by atoms with Gasteiger partial charge in [-0.05, 0) is 100 Å². The van der Waals surface area contributed by atoms with E-state index < -0.39 is 5.97 Å². The third-order valence-electron chi connectivity index (χ3n) is 5.27. The topological polar surface area (TPSA) is 88.4 Å². The molecule has 1 aliphatic heterocycles. The van der Waals surface area contributed by atoms with E-state index >= 15 is 0 Å². The van der Waals surface area contributed by atoms with Gasteiger partial charge in [0.2, 0.25) is 0 Å². The van der Waals surface area contributed by atoms with Crippen molar-refractivity contribution in [1.82, 2.24) is 4.90 Å². The Morgan fingerprint density at radius 3 is 2.49 bits per heavy atom. The summed E-state index contributed by atoms with van der Waals surface area (Å²) in [6.45, 7) is 2.50. The largest absolute Gasteiger partial charge is 0.490 e. The number of halogens is 2. The van der Waals surface area contributed by atoms with E-state index in [1.165, 1.54) is 40.9 Å². The van der Waals surface area contributed by atoms with Gasteiger partial charge in [0, 0.05) is 7.05 Å². The second-order valence-corrected chi connectivity index (χ2v) is 9.76. The van der Waals surface area contributed by atoms with E-state index in [1.807, 2.05) is 13.0 Å². The minimum atomic E-state index is -1.02. The van der Waals surface area contributed by atoms with E-state index in [4.69, 9.17) is 14.6 Å². The molecule has 1 amide bonds. The molecule has 3 aromatic rings. The molecule has 0 bridgehead atoms. The van der Waals surface area contributed by atoms with Gasteiger partial charge in [0.05, 0.1) is 27.2 Å². The van der Waals surface area contributed by atoms with E-state index in [1.54, 1.807) is 43.5 Å². The van der Waals surface area contributed by atoms with Gasteiger partial charge in [-0.15, -0.1) is 0 Å². The molecule has 1 saturated heterocycles. The number of carbonyl (C=O) groups is 2. The van der Waals surface area contributed by atoms with Crippen molar-refractivity contribution < 1.29 is 28.6 Å². The minimum Gasteiger partial charge on any atom is -0.490 e. The third kappa shape index (κ3) is 6.39. The highest BCUT2D eigenvalue weighted by atomic mass is 79.9. The number of aromatic carboxylic acids is 1. The number of thioether (sulfide) groups is 1. The van der Waals surface area contributed by atoms with Crippen LogP contribution in [0.1, 0.15) is 28.4 Å². The normalized spacial score (nSPS) is 15.5. The molecule has 0 aromatic heterocycles. The van der Waals surface area contributed by atoms with Crippen LogP contribution in [0, 0.1) is 5.82 Å². The first-order valence-corrected chi connectivity index (χ1v) is 12.8. The van der Waals surface area contributed by atoms with Crippen LogP contribution in [0.3, 0.4) is 0 Å². The molecule has 7 nitrogen and oxygen atoms in total. The quantitative estimate of drug-likeness (QED) is 0.304. The van der Waals surface area contributed by atoms with Gasteiger partial charge in [-0.1, -0.05) is 12.1 Å². The van der Waals surface area contributed by atoms with Crippen molar-refractivity contribution in [3.05, 3.63) is 92.5 Å². The zero-order chi connectivity index (χ0) is 26.5. The maximum Gasteiger partial charge on any atom is 0.335 e. The lowest BCUT2D eigenvalue weighted by molar-refractivity contribution is -0.121. The zero-order valence-corrected chi connectivity index (χ0v) is 22.3. The lowest BCUT2D eigenvalue weighted by atomic mass is 10.1. The number of amidine groups is 1. The van der Waals surface area contributed by atoms with Gasteiger partial charge < -0.3 is 14.6 Å². The molecule has 1 N–H and O–H groups in total. The summed E-state index contributed by atoms with van der Waals surface area (Å²) in [5, 5.41) is 9.53. The van der Waals surface area contributed by atoms with Gasteiger partial charge in [-0.3, -0.25) is 9.69 Å². The number of amides is 1. The van der Waals surface area contributed by atoms with E-state index in [2.05, 4.69) is 20.9 Å². The number of rotatable bonds is 8. The Bertz CT molecular complexity index is 1390. The van der Waals surface area contributed by atoms with Crippen LogP contribution in [0.2, 0.25) is 0 Å². The molecular formula is C27H22BrFN2O5S. The predicted octanol–water partition coefficient (Wildman–Crippen LogP) is 6.50. The average molecular weight is 585 g/mol. The molecule has 0 atom stereocenters. The highest BCUT2D eigenvalue weighted by Crippen LogP contribution is 2.40. The first-order valence-electron chi connectivity index (χ1n) is 11.2. The second-order valence-electron chi connectivity index (χ2n) is 7.90. The molecule has 1 heterocycles. The Morgan fingerprint density at radius 2 is 1.84 bits per heavy atom. The predicted molar refractivity (Wildman–Crippen MR) is 145 cm³/mol. The van der Waals surface area contributed by atoms with Crippen LogP contribution in [-0.4, -0.2) is 40.7 Å². The summed E-state index contributed by atoms with van der Waals surface area (Å²) in [5.41, 5.74) is 2.23. The number of benzene rings is 3. The molecule has 10 heteroatoms. The number of hydrogen-bond donors (Lipinski definition) is 1. The molecule has 4 rings (SSSR count). The van der Waals surface area contributed by atoms with Crippen molar-refractivity contribution in [3.8, 4) is 11.5 Å². The molecule has 3 aromatic carbocycles. The van der Waals surface area contributed by atoms with E-state index in [9.17, 15) is 14.0 Å². The number of hydrogen-bond acceptors (Lipinski definition) is 6. The van der Waals surface area contributed by atoms with Gasteiger partial charge in [-0.25, -0.2) is 14.2 Å². The van der Waals surface area contributed by atoms with Crippen molar-refractivity contribution >= 4 is 56.5 Å². The van der Waals surface area contributed by atoms with Crippen LogP contribution in [0.25, 0.3) is 6.08 Å². The summed E-state index contributed by atoms with van der Waals surface area (Å²) in [6, 6.07) is 15.8. The molecule has 0 saturated carbocycles. The highest BCUT2D eigenvalue weighted by Gasteiger charge is 2.30. The number of carboxylic acid groups (broad SMARTS) is 1. The summed E-state index contributed by atoms with van der Waals surface area (Å²) in [6.07, 6.45) is 1.75. The van der Waals surface area contributed by atoms with Gasteiger partial charge in [0.1, 0.15) is 12.4 Å². The highest BCUT2D eigenvalue weighted by molar-refractivity contribution is 9.10. The SMILES string of the molecule is CCOc1cc(C=C2SC(=Nc3ccc(C(=O)O)cc3)N(C)C2=O)cc(Br)c1OCc1ccc(F)cc1. The summed E-state index contributed by atoms with van der Waals surface area (Å²) in [5.74, 6) is -0.537. The lowest BCUT2D eigenvalue weighted by Gasteiger charge is -2.15. The summed E-state index contributed by atoms with van der Waals surface area (Å²) >= 11 is 4.76. The summed E-state index contributed by atoms with van der Waals surface area (Å²) in [4.78, 5) is 30.3. The van der Waals surface area contributed by atoms with Crippen LogP contribution < -0.4 is 9.47 Å². The van der Waals surface area contributed by atoms with Crippen molar-refractivity contribution in [3.63, 3.8) is 0 Å². The van der Waals surface area contributed by atoms with E-state index in [-0.39, 0.29) is 23.9 Å². The maximum absolute atomic E-state index is 13.2. The number of nitrogens with zero attached hydrogens (tertiary/aromatic N) is 2. The average Bonchev–Trinajstić information content (AvgIpc) is 3.12. The zero-order valence-electron chi connectivity index (χ0n) is 19.9. The number of likely N-dealkylation sites (N-methyl/N-ethyl adjacent to an activating group) is 1. The number of aliphatic imine (C=N–C) groups is 1. The third-order valence-corrected chi connectivity index (χ3v) is 6.92. The fraction of sp³-hybridized carbons (Fsp3) is 0.148. The molecule has 1 aliphatic rings. The van der Waals surface area contributed by atoms with Crippen LogP contribution in [0.5, 0.6) is 11.5 Å². The Balaban J connectivity index is 1.57. The maximum atomic E-state index is 13.2. The van der Waals surface area contributed by atoms with Gasteiger partial charge in [0.25, 0.3) is 5.91 Å². The van der Waals surface area contributed by atoms with Crippen molar-refractivity contribution in [2.24, 2.45) is 4.99 Å². The van der Waals surface area contributed by atoms with Gasteiger partial charge in [-0.2, -0.15) is 0 Å². The molecule has 190 valence electrons. The van der Waals surface area contributed by atoms with Crippen LogP contribution in [-0.2, 0) is 11.4 Å². The van der Waals surface area contributed by atoms with Crippen LogP contribution in [0.4, 0.5) is 10.1 Å². The molecule has 0 aliphatic carbocycles. The minimum absolute atomic E-state index is 0.161. The fourth-order valence-electron chi connectivity index (χ4n) is 3.40. The Labute approximate surface area is 225 Å². The van der Waals surface area contributed by atoms with E-state index in [0.29, 0.717) is 38.3 Å². The summed E-state index contributed by atoms with van der Waals surface area (Å²) < 4.78 is 25.6. The standard InChI is InChI=1S/C27H22BrFN2O5S/c1-3-35-22-13-17(12-21(28)24(22)36-15-16-4-8-19(29)9-5-16)14-23-25(32)31(2)27(37-23)30-20-10-6-18(7-11-20)26(33)34/h4-14H,3,15H2,1-2H3,(H,33,34). The summed E-state index contributed by atoms with van der Waals surface area (Å²) in [7, 11) is 1.63. The van der Waals surface area contributed by atoms with Crippen molar-refractivity contribution in [2.45, 2.75) is 13.5 Å². The first-order chi connectivity index (χ1) is 17.7. The van der Waals surface area contributed by atoms with Gasteiger partial charge >= 0.3 is 5.97 Å². The lowest BCUT2D eigenvalue weighted by Crippen LogP contribution is -2.23.